The van der Waals surface area contributed by atoms with E-state index < -0.39 is 22.9 Å². The highest BCUT2D eigenvalue weighted by molar-refractivity contribution is 8.25. The molecule has 0 radical (unpaired) electrons. The molecule has 2 fully saturated rings. The topological polar surface area (TPSA) is 117 Å². The molecule has 1 saturated heterocycles. The summed E-state index contributed by atoms with van der Waals surface area (Å²) < 4.78 is 23.0. The summed E-state index contributed by atoms with van der Waals surface area (Å²) in [5, 5.41) is 21.2. The molecule has 1 aliphatic carbocycles. The lowest BCUT2D eigenvalue weighted by Crippen LogP contribution is -2.51. The Morgan fingerprint density at radius 3 is 2.47 bits per heavy atom. The van der Waals surface area contributed by atoms with E-state index in [9.17, 15) is 19.0 Å². The lowest BCUT2D eigenvalue weighted by molar-refractivity contribution is 0.0817. The molecule has 1 heterocycles. The standard InChI is InChI=1S/C29H44N4O4S/c1-4-30-24-17-23(18-25(19-24)33-14-8-9-15-38(33,36)37)28(35)32-26(16-22-10-6-5-7-11-22)27(34)20-31-29(12-13-29)21(2)3/h5-7,10-11,17-19,21,26-27,30-31,34,36-37H,4,8-9,12-16,20H2,1-3H3,(H,32,35)/t26-,27+/m0/s1. The highest BCUT2D eigenvalue weighted by atomic mass is 32.3. The molecule has 2 atom stereocenters. The molecule has 2 aromatic carbocycles. The number of rotatable bonds is 12. The van der Waals surface area contributed by atoms with Gasteiger partial charge in [0.25, 0.3) is 5.91 Å². The van der Waals surface area contributed by atoms with E-state index in [1.54, 1.807) is 16.4 Å². The Labute approximate surface area is 228 Å². The third kappa shape index (κ3) is 7.01. The minimum Gasteiger partial charge on any atom is -0.390 e. The second-order valence-corrected chi connectivity index (χ2v) is 13.1. The monoisotopic (exact) mass is 544 g/mol. The van der Waals surface area contributed by atoms with Gasteiger partial charge in [0.1, 0.15) is 0 Å². The summed E-state index contributed by atoms with van der Waals surface area (Å²) in [5.41, 5.74) is 2.88. The van der Waals surface area contributed by atoms with Crippen molar-refractivity contribution in [2.45, 2.75) is 70.6 Å². The van der Waals surface area contributed by atoms with Crippen molar-refractivity contribution >= 4 is 28.1 Å². The molecule has 1 amide bonds. The van der Waals surface area contributed by atoms with Crippen LogP contribution in [0.2, 0.25) is 0 Å². The molecule has 2 aromatic rings. The van der Waals surface area contributed by atoms with E-state index in [-0.39, 0.29) is 11.4 Å². The van der Waals surface area contributed by atoms with Crippen molar-refractivity contribution in [2.75, 3.05) is 35.0 Å². The fourth-order valence-corrected chi connectivity index (χ4v) is 6.92. The lowest BCUT2D eigenvalue weighted by atomic mass is 9.98. The van der Waals surface area contributed by atoms with E-state index in [0.717, 1.165) is 36.9 Å². The summed E-state index contributed by atoms with van der Waals surface area (Å²) in [4.78, 5) is 13.6. The number of β-amino-alcohol motifs (C(OH)–C–C–N with tert-alkyl or cyclic N) is 1. The first kappa shape index (κ1) is 28.7. The molecule has 2 aliphatic rings. The predicted octanol–water partition coefficient (Wildman–Crippen LogP) is 4.86. The van der Waals surface area contributed by atoms with E-state index in [1.807, 2.05) is 43.3 Å². The molecule has 4 rings (SSSR count). The van der Waals surface area contributed by atoms with Crippen molar-refractivity contribution in [1.82, 2.24) is 10.6 Å². The molecule has 0 bridgehead atoms. The summed E-state index contributed by atoms with van der Waals surface area (Å²) >= 11 is 0. The van der Waals surface area contributed by atoms with Gasteiger partial charge in [-0.1, -0.05) is 44.2 Å². The van der Waals surface area contributed by atoms with Crippen LogP contribution in [0.5, 0.6) is 0 Å². The van der Waals surface area contributed by atoms with Gasteiger partial charge in [-0.3, -0.25) is 18.2 Å². The van der Waals surface area contributed by atoms with Crippen LogP contribution in [-0.4, -0.2) is 63.2 Å². The number of anilines is 2. The fraction of sp³-hybridized carbons (Fsp3) is 0.552. The Morgan fingerprint density at radius 2 is 1.84 bits per heavy atom. The third-order valence-electron chi connectivity index (χ3n) is 7.87. The largest absolute Gasteiger partial charge is 0.390 e. The second kappa shape index (κ2) is 12.3. The van der Waals surface area contributed by atoms with Gasteiger partial charge < -0.3 is 21.1 Å². The molecule has 0 spiro atoms. The SMILES string of the molecule is CCNc1cc(C(=O)N[C@@H](Cc2ccccc2)[C@H](O)CNC2(C(C)C)CC2)cc(N2CCCCS2(O)O)c1. The molecular weight excluding hydrogens is 500 g/mol. The molecule has 6 N–H and O–H groups in total. The first-order chi connectivity index (χ1) is 18.1. The van der Waals surface area contributed by atoms with Crippen LogP contribution in [0.25, 0.3) is 0 Å². The minimum atomic E-state index is -2.92. The zero-order valence-corrected chi connectivity index (χ0v) is 23.6. The molecular formula is C29H44N4O4S. The third-order valence-corrected chi connectivity index (χ3v) is 9.80. The summed E-state index contributed by atoms with van der Waals surface area (Å²) in [6.45, 7) is 7.96. The quantitative estimate of drug-likeness (QED) is 0.226. The van der Waals surface area contributed by atoms with Crippen LogP contribution in [0.15, 0.2) is 48.5 Å². The van der Waals surface area contributed by atoms with Gasteiger partial charge in [0, 0.05) is 36.4 Å². The van der Waals surface area contributed by atoms with Gasteiger partial charge in [-0.15, -0.1) is 10.8 Å². The van der Waals surface area contributed by atoms with E-state index in [1.165, 1.54) is 0 Å². The van der Waals surface area contributed by atoms with Crippen LogP contribution in [0, 0.1) is 5.92 Å². The van der Waals surface area contributed by atoms with Crippen LogP contribution in [-0.2, 0) is 6.42 Å². The maximum absolute atomic E-state index is 13.6. The zero-order chi connectivity index (χ0) is 27.3. The molecule has 210 valence electrons. The Hall–Kier alpha value is -2.30. The zero-order valence-electron chi connectivity index (χ0n) is 22.8. The van der Waals surface area contributed by atoms with Gasteiger partial charge in [-0.2, -0.15) is 0 Å². The van der Waals surface area contributed by atoms with E-state index >= 15 is 0 Å². The normalized spacial score (nSPS) is 20.4. The summed E-state index contributed by atoms with van der Waals surface area (Å²) in [7, 11) is -2.92. The fourth-order valence-electron chi connectivity index (χ4n) is 5.24. The van der Waals surface area contributed by atoms with Crippen molar-refractivity contribution in [1.29, 1.82) is 0 Å². The average Bonchev–Trinajstić information content (AvgIpc) is 3.69. The first-order valence-electron chi connectivity index (χ1n) is 13.8. The summed E-state index contributed by atoms with van der Waals surface area (Å²) in [6, 6.07) is 14.7. The van der Waals surface area contributed by atoms with Crippen LogP contribution < -0.4 is 20.3 Å². The van der Waals surface area contributed by atoms with Gasteiger partial charge in [-0.05, 0) is 68.7 Å². The Kier molecular flexibility index (Phi) is 9.26. The number of amides is 1. The highest BCUT2D eigenvalue weighted by Gasteiger charge is 2.45. The van der Waals surface area contributed by atoms with Crippen LogP contribution in [0.3, 0.4) is 0 Å². The van der Waals surface area contributed by atoms with Crippen LogP contribution in [0.1, 0.15) is 62.4 Å². The molecule has 8 nitrogen and oxygen atoms in total. The number of aliphatic hydroxyl groups is 1. The van der Waals surface area contributed by atoms with E-state index in [4.69, 9.17) is 0 Å². The molecule has 0 unspecified atom stereocenters. The van der Waals surface area contributed by atoms with Crippen molar-refractivity contribution in [3.05, 3.63) is 59.7 Å². The minimum absolute atomic E-state index is 0.0786. The molecule has 9 heteroatoms. The van der Waals surface area contributed by atoms with Crippen LogP contribution in [0.4, 0.5) is 11.4 Å². The van der Waals surface area contributed by atoms with Crippen molar-refractivity contribution in [2.24, 2.45) is 5.92 Å². The van der Waals surface area contributed by atoms with Gasteiger partial charge in [0.15, 0.2) is 0 Å². The number of nitrogens with one attached hydrogen (secondary N) is 3. The van der Waals surface area contributed by atoms with Gasteiger partial charge >= 0.3 is 0 Å². The Balaban J connectivity index is 1.56. The predicted molar refractivity (Wildman–Crippen MR) is 157 cm³/mol. The highest BCUT2D eigenvalue weighted by Crippen LogP contribution is 2.50. The number of hydrogen-bond donors (Lipinski definition) is 6. The number of carbonyl (C=O) groups is 1. The second-order valence-electron chi connectivity index (χ2n) is 11.0. The van der Waals surface area contributed by atoms with Gasteiger partial charge in [-0.25, -0.2) is 0 Å². The number of benzene rings is 2. The number of nitrogens with zero attached hydrogens (tertiary/aromatic N) is 1. The number of carbonyl (C=O) groups excluding carboxylic acids is 1. The maximum atomic E-state index is 13.6. The number of hydrogen-bond acceptors (Lipinski definition) is 7. The van der Waals surface area contributed by atoms with Gasteiger partial charge in [0.2, 0.25) is 0 Å². The maximum Gasteiger partial charge on any atom is 0.251 e. The molecule has 0 aromatic heterocycles. The van der Waals surface area contributed by atoms with Crippen molar-refractivity contribution < 1.29 is 19.0 Å². The smallest absolute Gasteiger partial charge is 0.251 e. The van der Waals surface area contributed by atoms with Gasteiger partial charge in [0.05, 0.1) is 23.6 Å². The Morgan fingerprint density at radius 1 is 1.11 bits per heavy atom. The summed E-state index contributed by atoms with van der Waals surface area (Å²) in [5.74, 6) is 0.506. The molecule has 1 saturated carbocycles. The van der Waals surface area contributed by atoms with Crippen molar-refractivity contribution in [3.8, 4) is 0 Å². The van der Waals surface area contributed by atoms with E-state index in [2.05, 4.69) is 29.8 Å². The number of aliphatic hydroxyl groups excluding tert-OH is 1. The van der Waals surface area contributed by atoms with E-state index in [0.29, 0.717) is 49.0 Å². The average molecular weight is 545 g/mol. The molecule has 38 heavy (non-hydrogen) atoms. The first-order valence-corrected chi connectivity index (χ1v) is 15.5. The molecule has 1 aliphatic heterocycles. The Bertz CT molecular complexity index is 1080. The summed E-state index contributed by atoms with van der Waals surface area (Å²) in [6.07, 6.45) is 3.55. The van der Waals surface area contributed by atoms with Crippen molar-refractivity contribution in [3.63, 3.8) is 0 Å². The van der Waals surface area contributed by atoms with Crippen LogP contribution >= 0.6 is 10.8 Å². The lowest BCUT2D eigenvalue weighted by Gasteiger charge is -2.47.